The molecule has 3 heteroatoms. The van der Waals surface area contributed by atoms with E-state index in [-0.39, 0.29) is 5.82 Å². The van der Waals surface area contributed by atoms with E-state index in [0.29, 0.717) is 6.04 Å². The largest absolute Gasteiger partial charge is 0.377 e. The fraction of sp³-hybridized carbons (Fsp3) is 0.250. The summed E-state index contributed by atoms with van der Waals surface area (Å²) >= 11 is 3.41. The van der Waals surface area contributed by atoms with E-state index in [1.165, 1.54) is 28.8 Å². The van der Waals surface area contributed by atoms with Crippen molar-refractivity contribution in [1.29, 1.82) is 0 Å². The van der Waals surface area contributed by atoms with Gasteiger partial charge in [0.1, 0.15) is 5.82 Å². The number of hydrogen-bond donors (Lipinski definition) is 1. The smallest absolute Gasteiger partial charge is 0.124 e. The Labute approximate surface area is 121 Å². The van der Waals surface area contributed by atoms with Crippen molar-refractivity contribution < 1.29 is 4.39 Å². The molecule has 3 rings (SSSR count). The van der Waals surface area contributed by atoms with Crippen LogP contribution in [0.2, 0.25) is 0 Å². The van der Waals surface area contributed by atoms with Gasteiger partial charge in [0.25, 0.3) is 0 Å². The zero-order valence-corrected chi connectivity index (χ0v) is 12.3. The Morgan fingerprint density at radius 3 is 2.84 bits per heavy atom. The maximum atomic E-state index is 13.1. The minimum absolute atomic E-state index is 0.222. The molecule has 1 aliphatic carbocycles. The average Bonchev–Trinajstić information content (AvgIpc) is 2.75. The van der Waals surface area contributed by atoms with Gasteiger partial charge in [-0.2, -0.15) is 0 Å². The molecule has 0 amide bonds. The molecule has 1 unspecified atom stereocenters. The molecule has 2 aromatic carbocycles. The molecule has 0 bridgehead atoms. The van der Waals surface area contributed by atoms with Crippen LogP contribution in [0, 0.1) is 12.7 Å². The number of benzene rings is 2. The monoisotopic (exact) mass is 319 g/mol. The minimum atomic E-state index is -0.222. The van der Waals surface area contributed by atoms with Crippen molar-refractivity contribution in [2.75, 3.05) is 5.32 Å². The van der Waals surface area contributed by atoms with Crippen LogP contribution in [-0.2, 0) is 6.42 Å². The number of halogens is 2. The highest BCUT2D eigenvalue weighted by Crippen LogP contribution is 2.36. The van der Waals surface area contributed by atoms with Crippen molar-refractivity contribution in [2.45, 2.75) is 25.8 Å². The van der Waals surface area contributed by atoms with Gasteiger partial charge < -0.3 is 5.32 Å². The molecular weight excluding hydrogens is 305 g/mol. The van der Waals surface area contributed by atoms with Crippen molar-refractivity contribution in [2.24, 2.45) is 0 Å². The first kappa shape index (κ1) is 12.7. The number of hydrogen-bond acceptors (Lipinski definition) is 1. The third-order valence-electron chi connectivity index (χ3n) is 3.64. The van der Waals surface area contributed by atoms with Gasteiger partial charge in [-0.1, -0.05) is 23.8 Å². The van der Waals surface area contributed by atoms with Crippen molar-refractivity contribution in [3.8, 4) is 0 Å². The van der Waals surface area contributed by atoms with Gasteiger partial charge in [0, 0.05) is 10.2 Å². The Kier molecular flexibility index (Phi) is 3.31. The Hall–Kier alpha value is -1.35. The van der Waals surface area contributed by atoms with Crippen LogP contribution in [0.25, 0.3) is 0 Å². The predicted molar refractivity (Wildman–Crippen MR) is 80.0 cm³/mol. The molecular formula is C16H15BrFN. The maximum absolute atomic E-state index is 13.1. The lowest BCUT2D eigenvalue weighted by atomic mass is 10.0. The number of aryl methyl sites for hydroxylation is 2. The molecule has 0 radical (unpaired) electrons. The first-order chi connectivity index (χ1) is 9.13. The lowest BCUT2D eigenvalue weighted by molar-refractivity contribution is 0.627. The minimum Gasteiger partial charge on any atom is -0.377 e. The molecule has 0 saturated carbocycles. The number of fused-ring (bicyclic) bond motifs is 1. The molecule has 2 aromatic rings. The second-order valence-corrected chi connectivity index (χ2v) is 5.92. The summed E-state index contributed by atoms with van der Waals surface area (Å²) in [5, 5.41) is 3.51. The molecule has 0 aliphatic heterocycles. The highest BCUT2D eigenvalue weighted by molar-refractivity contribution is 9.10. The summed E-state index contributed by atoms with van der Waals surface area (Å²) in [5.41, 5.74) is 5.02. The third-order valence-corrected chi connectivity index (χ3v) is 4.30. The molecule has 0 spiro atoms. The van der Waals surface area contributed by atoms with Crippen LogP contribution in [0.3, 0.4) is 0 Å². The van der Waals surface area contributed by atoms with Crippen LogP contribution >= 0.6 is 15.9 Å². The summed E-state index contributed by atoms with van der Waals surface area (Å²) in [7, 11) is 0. The second kappa shape index (κ2) is 4.97. The fourth-order valence-corrected chi connectivity index (χ4v) is 3.13. The Morgan fingerprint density at radius 2 is 2.05 bits per heavy atom. The first-order valence-electron chi connectivity index (χ1n) is 6.44. The maximum Gasteiger partial charge on any atom is 0.124 e. The number of rotatable bonds is 2. The van der Waals surface area contributed by atoms with Crippen molar-refractivity contribution >= 4 is 21.6 Å². The van der Waals surface area contributed by atoms with Gasteiger partial charge in [-0.15, -0.1) is 0 Å². The number of anilines is 1. The van der Waals surface area contributed by atoms with E-state index in [1.807, 2.05) is 0 Å². The van der Waals surface area contributed by atoms with Crippen molar-refractivity contribution in [1.82, 2.24) is 0 Å². The molecule has 0 saturated heterocycles. The molecule has 19 heavy (non-hydrogen) atoms. The van der Waals surface area contributed by atoms with Gasteiger partial charge in [-0.25, -0.2) is 4.39 Å². The second-order valence-electron chi connectivity index (χ2n) is 5.06. The molecule has 98 valence electrons. The van der Waals surface area contributed by atoms with Crippen LogP contribution in [0.5, 0.6) is 0 Å². The molecule has 1 N–H and O–H groups in total. The summed E-state index contributed by atoms with van der Waals surface area (Å²) in [6.45, 7) is 2.11. The van der Waals surface area contributed by atoms with Crippen molar-refractivity contribution in [3.05, 3.63) is 63.4 Å². The lowest BCUT2D eigenvalue weighted by Crippen LogP contribution is -2.07. The van der Waals surface area contributed by atoms with Crippen LogP contribution in [0.4, 0.5) is 10.1 Å². The Bertz CT molecular complexity index is 624. The van der Waals surface area contributed by atoms with Crippen LogP contribution in [0.1, 0.15) is 29.2 Å². The quantitative estimate of drug-likeness (QED) is 0.821. The van der Waals surface area contributed by atoms with Gasteiger partial charge in [-0.3, -0.25) is 0 Å². The molecule has 0 heterocycles. The molecule has 0 aromatic heterocycles. The predicted octanol–water partition coefficient (Wildman–Crippen LogP) is 5.00. The first-order valence-corrected chi connectivity index (χ1v) is 7.24. The fourth-order valence-electron chi connectivity index (χ4n) is 2.67. The van der Waals surface area contributed by atoms with Gasteiger partial charge in [0.05, 0.1) is 6.04 Å². The molecule has 0 fully saturated rings. The Morgan fingerprint density at radius 1 is 1.21 bits per heavy atom. The van der Waals surface area contributed by atoms with Gasteiger partial charge in [-0.05, 0) is 65.0 Å². The van der Waals surface area contributed by atoms with E-state index >= 15 is 0 Å². The third kappa shape index (κ3) is 2.52. The molecule has 1 atom stereocenters. The topological polar surface area (TPSA) is 12.0 Å². The van der Waals surface area contributed by atoms with Crippen LogP contribution < -0.4 is 5.32 Å². The summed E-state index contributed by atoms with van der Waals surface area (Å²) in [6.07, 6.45) is 2.19. The van der Waals surface area contributed by atoms with E-state index in [9.17, 15) is 4.39 Å². The van der Waals surface area contributed by atoms with Crippen molar-refractivity contribution in [3.63, 3.8) is 0 Å². The SMILES string of the molecule is Cc1ccc2c(c1)C(Nc1ccc(F)cc1Br)CC2. The summed E-state index contributed by atoms with van der Waals surface area (Å²) in [5.74, 6) is -0.222. The Balaban J connectivity index is 1.88. The normalized spacial score (nSPS) is 17.3. The molecule has 1 nitrogen and oxygen atoms in total. The van der Waals surface area contributed by atoms with E-state index in [4.69, 9.17) is 0 Å². The highest BCUT2D eigenvalue weighted by Gasteiger charge is 2.22. The lowest BCUT2D eigenvalue weighted by Gasteiger charge is -2.17. The summed E-state index contributed by atoms with van der Waals surface area (Å²) < 4.78 is 13.9. The number of nitrogens with one attached hydrogen (secondary N) is 1. The zero-order chi connectivity index (χ0) is 13.4. The highest BCUT2D eigenvalue weighted by atomic mass is 79.9. The van der Waals surface area contributed by atoms with Gasteiger partial charge in [0.15, 0.2) is 0 Å². The van der Waals surface area contributed by atoms with E-state index in [2.05, 4.69) is 46.4 Å². The summed E-state index contributed by atoms with van der Waals surface area (Å²) in [6, 6.07) is 11.7. The van der Waals surface area contributed by atoms with Crippen LogP contribution in [-0.4, -0.2) is 0 Å². The van der Waals surface area contributed by atoms with E-state index < -0.39 is 0 Å². The summed E-state index contributed by atoms with van der Waals surface area (Å²) in [4.78, 5) is 0. The van der Waals surface area contributed by atoms with E-state index in [1.54, 1.807) is 6.07 Å². The standard InChI is InChI=1S/C16H15BrFN/c1-10-2-3-11-4-6-15(13(11)8-10)19-16-7-5-12(18)9-14(16)17/h2-3,5,7-9,15,19H,4,6H2,1H3. The van der Waals surface area contributed by atoms with Gasteiger partial charge in [0.2, 0.25) is 0 Å². The molecule has 1 aliphatic rings. The van der Waals surface area contributed by atoms with Gasteiger partial charge >= 0.3 is 0 Å². The van der Waals surface area contributed by atoms with E-state index in [0.717, 1.165) is 23.0 Å². The zero-order valence-electron chi connectivity index (χ0n) is 10.7. The van der Waals surface area contributed by atoms with Crippen LogP contribution in [0.15, 0.2) is 40.9 Å². The average molecular weight is 320 g/mol.